The molecule has 0 bridgehead atoms. The summed E-state index contributed by atoms with van der Waals surface area (Å²) >= 11 is 1.61. The lowest BCUT2D eigenvalue weighted by Gasteiger charge is -2.05. The molecule has 0 amide bonds. The van der Waals surface area contributed by atoms with E-state index in [2.05, 4.69) is 22.2 Å². The number of carboxylic acids is 1. The third-order valence-electron chi connectivity index (χ3n) is 4.08. The van der Waals surface area contributed by atoms with Crippen LogP contribution in [-0.4, -0.2) is 33.0 Å². The van der Waals surface area contributed by atoms with Gasteiger partial charge in [-0.15, -0.1) is 11.3 Å². The molecule has 6 nitrogen and oxygen atoms in total. The molecule has 1 N–H and O–H groups in total. The van der Waals surface area contributed by atoms with Crippen molar-refractivity contribution in [3.05, 3.63) is 53.2 Å². The van der Waals surface area contributed by atoms with Crippen molar-refractivity contribution in [3.8, 4) is 5.75 Å². The second-order valence-electron chi connectivity index (χ2n) is 5.71. The molecule has 0 aliphatic heterocycles. The smallest absolute Gasteiger partial charge is 0.309 e. The van der Waals surface area contributed by atoms with Crippen LogP contribution in [0.25, 0.3) is 21.1 Å². The van der Waals surface area contributed by atoms with E-state index in [4.69, 9.17) is 9.84 Å². The first-order valence-electron chi connectivity index (χ1n) is 7.71. The fourth-order valence-electron chi connectivity index (χ4n) is 2.92. The summed E-state index contributed by atoms with van der Waals surface area (Å²) in [6, 6.07) is 11.7. The summed E-state index contributed by atoms with van der Waals surface area (Å²) < 4.78 is 8.24. The molecule has 0 spiro atoms. The zero-order chi connectivity index (χ0) is 17.4. The summed E-state index contributed by atoms with van der Waals surface area (Å²) in [4.78, 5) is 15.5. The number of carbonyl (C=O) groups is 1. The van der Waals surface area contributed by atoms with Crippen LogP contribution in [0.2, 0.25) is 0 Å². The summed E-state index contributed by atoms with van der Waals surface area (Å²) in [5.74, 6) is -0.221. The van der Waals surface area contributed by atoms with Gasteiger partial charge in [-0.2, -0.15) is 5.10 Å². The lowest BCUT2D eigenvalue weighted by molar-refractivity contribution is -0.136. The Morgan fingerprint density at radius 3 is 2.96 bits per heavy atom. The predicted octanol–water partition coefficient (Wildman–Crippen LogP) is 3.33. The van der Waals surface area contributed by atoms with Crippen LogP contribution in [0.5, 0.6) is 5.75 Å². The molecule has 25 heavy (non-hydrogen) atoms. The van der Waals surface area contributed by atoms with Crippen LogP contribution in [0, 0.1) is 0 Å². The van der Waals surface area contributed by atoms with Crippen molar-refractivity contribution in [3.63, 3.8) is 0 Å². The normalized spacial score (nSPS) is 11.2. The van der Waals surface area contributed by atoms with E-state index in [1.54, 1.807) is 18.4 Å². The molecule has 0 aliphatic carbocycles. The van der Waals surface area contributed by atoms with Crippen molar-refractivity contribution in [1.82, 2.24) is 14.8 Å². The summed E-state index contributed by atoms with van der Waals surface area (Å²) in [6.07, 6.45) is -0.123. The van der Waals surface area contributed by atoms with Gasteiger partial charge in [0, 0.05) is 5.39 Å². The summed E-state index contributed by atoms with van der Waals surface area (Å²) in [6.45, 7) is 0.552. The molecule has 126 valence electrons. The van der Waals surface area contributed by atoms with Crippen LogP contribution >= 0.6 is 11.3 Å². The fraction of sp³-hybridized carbons (Fsp3) is 0.167. The van der Waals surface area contributed by atoms with Crippen molar-refractivity contribution in [2.75, 3.05) is 7.11 Å². The molecule has 2 heterocycles. The zero-order valence-electron chi connectivity index (χ0n) is 13.5. The van der Waals surface area contributed by atoms with E-state index in [1.165, 1.54) is 0 Å². The van der Waals surface area contributed by atoms with Gasteiger partial charge < -0.3 is 9.84 Å². The molecular weight excluding hydrogens is 338 g/mol. The van der Waals surface area contributed by atoms with E-state index in [0.29, 0.717) is 18.0 Å². The number of ether oxygens (including phenoxy) is 1. The molecule has 0 saturated carbocycles. The van der Waals surface area contributed by atoms with E-state index in [0.717, 1.165) is 26.7 Å². The number of aromatic nitrogens is 3. The Bertz CT molecular complexity index is 1080. The first-order chi connectivity index (χ1) is 12.1. The summed E-state index contributed by atoms with van der Waals surface area (Å²) in [5, 5.41) is 14.5. The van der Waals surface area contributed by atoms with Gasteiger partial charge in [-0.25, -0.2) is 4.98 Å². The number of carboxylic acid groups (broad SMARTS) is 1. The third-order valence-corrected chi connectivity index (χ3v) is 4.89. The van der Waals surface area contributed by atoms with Gasteiger partial charge >= 0.3 is 5.97 Å². The van der Waals surface area contributed by atoms with Crippen LogP contribution in [0.4, 0.5) is 0 Å². The molecule has 0 radical (unpaired) electrons. The van der Waals surface area contributed by atoms with Gasteiger partial charge in [-0.05, 0) is 35.9 Å². The average molecular weight is 353 g/mol. The highest BCUT2D eigenvalue weighted by molar-refractivity contribution is 7.16. The number of rotatable bonds is 5. The Kier molecular flexibility index (Phi) is 3.85. The topological polar surface area (TPSA) is 77.2 Å². The first kappa shape index (κ1) is 15.6. The Morgan fingerprint density at radius 2 is 2.16 bits per heavy atom. The highest BCUT2D eigenvalue weighted by atomic mass is 32.1. The second-order valence-corrected chi connectivity index (χ2v) is 6.60. The Morgan fingerprint density at radius 1 is 1.28 bits per heavy atom. The molecule has 0 fully saturated rings. The van der Waals surface area contributed by atoms with E-state index in [1.807, 2.05) is 34.5 Å². The minimum Gasteiger partial charge on any atom is -0.497 e. The highest BCUT2D eigenvalue weighted by Gasteiger charge is 2.15. The molecule has 2 aromatic heterocycles. The number of nitrogens with zero attached hydrogens (tertiary/aromatic N) is 3. The van der Waals surface area contributed by atoms with Gasteiger partial charge in [0.25, 0.3) is 0 Å². The molecule has 4 aromatic rings. The minimum atomic E-state index is -0.904. The predicted molar refractivity (Wildman–Crippen MR) is 96.3 cm³/mol. The Labute approximate surface area is 147 Å². The maximum atomic E-state index is 11.2. The summed E-state index contributed by atoms with van der Waals surface area (Å²) in [7, 11) is 1.59. The van der Waals surface area contributed by atoms with Crippen LogP contribution in [0.3, 0.4) is 0 Å². The minimum absolute atomic E-state index is 0.123. The highest BCUT2D eigenvalue weighted by Crippen LogP contribution is 2.26. The molecule has 0 aliphatic rings. The van der Waals surface area contributed by atoms with E-state index >= 15 is 0 Å². The van der Waals surface area contributed by atoms with E-state index < -0.39 is 5.97 Å². The maximum Gasteiger partial charge on any atom is 0.309 e. The van der Waals surface area contributed by atoms with Crippen molar-refractivity contribution in [2.45, 2.75) is 13.0 Å². The number of aliphatic carboxylic acids is 1. The van der Waals surface area contributed by atoms with E-state index in [-0.39, 0.29) is 6.42 Å². The van der Waals surface area contributed by atoms with Gasteiger partial charge in [-0.1, -0.05) is 6.07 Å². The van der Waals surface area contributed by atoms with Gasteiger partial charge in [0.1, 0.15) is 5.75 Å². The van der Waals surface area contributed by atoms with Gasteiger partial charge in [0.15, 0.2) is 0 Å². The molecular formula is C18H15N3O3S. The summed E-state index contributed by atoms with van der Waals surface area (Å²) in [5.41, 5.74) is 5.29. The molecule has 0 unspecified atom stereocenters. The third kappa shape index (κ3) is 2.94. The van der Waals surface area contributed by atoms with Gasteiger partial charge in [-0.3, -0.25) is 9.48 Å². The number of fused-ring (bicyclic) bond motifs is 2. The standard InChI is InChI=1S/C18H15N3O3S/c1-24-12-3-4-16-13(7-12)14(8-18(22)23)20-21(16)9-11-2-5-17-15(6-11)19-10-25-17/h2-7,10H,8-9H2,1H3,(H,22,23). The fourth-order valence-corrected chi connectivity index (χ4v) is 3.58. The average Bonchev–Trinajstić information content (AvgIpc) is 3.19. The maximum absolute atomic E-state index is 11.2. The molecule has 2 aromatic carbocycles. The lowest BCUT2D eigenvalue weighted by Crippen LogP contribution is -2.05. The van der Waals surface area contributed by atoms with E-state index in [9.17, 15) is 4.79 Å². The van der Waals surface area contributed by atoms with Crippen molar-refractivity contribution in [1.29, 1.82) is 0 Å². The van der Waals surface area contributed by atoms with Crippen LogP contribution < -0.4 is 4.74 Å². The van der Waals surface area contributed by atoms with Crippen LogP contribution in [0.15, 0.2) is 41.9 Å². The second kappa shape index (κ2) is 6.18. The van der Waals surface area contributed by atoms with Crippen molar-refractivity contribution < 1.29 is 14.6 Å². The first-order valence-corrected chi connectivity index (χ1v) is 8.59. The molecule has 0 atom stereocenters. The number of methoxy groups -OCH3 is 1. The number of thiazole rings is 1. The number of hydrogen-bond acceptors (Lipinski definition) is 5. The zero-order valence-corrected chi connectivity index (χ0v) is 14.3. The van der Waals surface area contributed by atoms with Crippen molar-refractivity contribution in [2.24, 2.45) is 0 Å². The van der Waals surface area contributed by atoms with Crippen LogP contribution in [0.1, 0.15) is 11.3 Å². The lowest BCUT2D eigenvalue weighted by atomic mass is 10.1. The Balaban J connectivity index is 1.78. The molecule has 7 heteroatoms. The largest absolute Gasteiger partial charge is 0.497 e. The molecule has 4 rings (SSSR count). The monoisotopic (exact) mass is 353 g/mol. The Hall–Kier alpha value is -2.93. The SMILES string of the molecule is COc1ccc2c(c1)c(CC(=O)O)nn2Cc1ccc2scnc2c1. The number of hydrogen-bond donors (Lipinski definition) is 1. The van der Waals surface area contributed by atoms with Gasteiger partial charge in [0.05, 0.1) is 47.0 Å². The van der Waals surface area contributed by atoms with Gasteiger partial charge in [0.2, 0.25) is 0 Å². The quantitative estimate of drug-likeness (QED) is 0.595. The van der Waals surface area contributed by atoms with Crippen LogP contribution in [-0.2, 0) is 17.8 Å². The molecule has 0 saturated heterocycles. The number of benzene rings is 2. The van der Waals surface area contributed by atoms with Crippen molar-refractivity contribution >= 4 is 38.4 Å².